The van der Waals surface area contributed by atoms with E-state index in [1.165, 1.54) is 6.08 Å². The van der Waals surface area contributed by atoms with Gasteiger partial charge in [0.25, 0.3) is 0 Å². The van der Waals surface area contributed by atoms with E-state index in [0.29, 0.717) is 5.02 Å². The lowest BCUT2D eigenvalue weighted by molar-refractivity contribution is -0.117. The number of carbonyl (C=O) groups excluding carboxylic acids is 1. The number of halogens is 1. The van der Waals surface area contributed by atoms with Crippen molar-refractivity contribution in [3.63, 3.8) is 0 Å². The minimum Gasteiger partial charge on any atom is -0.339 e. The first kappa shape index (κ1) is 21.6. The molecule has 0 radical (unpaired) electrons. The van der Waals surface area contributed by atoms with Gasteiger partial charge in [0.05, 0.1) is 11.4 Å². The molecule has 0 saturated carbocycles. The number of carbonyl (C=O) groups is 1. The Morgan fingerprint density at radius 1 is 1.09 bits per heavy atom. The zero-order valence-corrected chi connectivity index (χ0v) is 18.9. The Morgan fingerprint density at radius 2 is 1.81 bits per heavy atom. The first-order valence-corrected chi connectivity index (χ1v) is 10.6. The maximum Gasteiger partial charge on any atom is 0.244 e. The van der Waals surface area contributed by atoms with Crippen molar-refractivity contribution < 1.29 is 4.79 Å². The van der Waals surface area contributed by atoms with Crippen molar-refractivity contribution in [2.45, 2.75) is 19.9 Å². The minimum atomic E-state index is -0.404. The van der Waals surface area contributed by atoms with Gasteiger partial charge in [0.2, 0.25) is 5.91 Å². The molecule has 0 fully saturated rings. The molecule has 7 heteroatoms. The fraction of sp³-hybridized carbons (Fsp3) is 0.160. The Balaban J connectivity index is 1.58. The summed E-state index contributed by atoms with van der Waals surface area (Å²) in [6.45, 7) is 3.93. The van der Waals surface area contributed by atoms with Crippen LogP contribution in [0.25, 0.3) is 11.8 Å². The molecule has 1 atom stereocenters. The number of aryl methyl sites for hydroxylation is 2. The molecule has 0 aliphatic carbocycles. The summed E-state index contributed by atoms with van der Waals surface area (Å²) in [7, 11) is 1.90. The van der Waals surface area contributed by atoms with E-state index in [0.717, 1.165) is 34.0 Å². The zero-order chi connectivity index (χ0) is 22.7. The van der Waals surface area contributed by atoms with Gasteiger partial charge in [0.15, 0.2) is 0 Å². The third-order valence-electron chi connectivity index (χ3n) is 5.36. The summed E-state index contributed by atoms with van der Waals surface area (Å²) in [5.74, 6) is 0.512. The van der Waals surface area contributed by atoms with Gasteiger partial charge in [-0.15, -0.1) is 0 Å². The lowest BCUT2D eigenvalue weighted by Gasteiger charge is -2.18. The average Bonchev–Trinajstić information content (AvgIpc) is 3.34. The second kappa shape index (κ2) is 9.24. The Labute approximate surface area is 192 Å². The first-order chi connectivity index (χ1) is 15.4. The summed E-state index contributed by atoms with van der Waals surface area (Å²) >= 11 is 6.04. The first-order valence-electron chi connectivity index (χ1n) is 10.3. The van der Waals surface area contributed by atoms with Gasteiger partial charge in [-0.05, 0) is 49.8 Å². The number of nitrogens with one attached hydrogen (secondary N) is 1. The van der Waals surface area contributed by atoms with Crippen molar-refractivity contribution >= 4 is 23.6 Å². The predicted molar refractivity (Wildman–Crippen MR) is 127 cm³/mol. The molecule has 2 aromatic carbocycles. The highest BCUT2D eigenvalue weighted by molar-refractivity contribution is 6.30. The largest absolute Gasteiger partial charge is 0.339 e. The maximum atomic E-state index is 12.9. The smallest absolute Gasteiger partial charge is 0.244 e. The number of nitrogens with zero attached hydrogens (tertiary/aromatic N) is 4. The van der Waals surface area contributed by atoms with Crippen LogP contribution in [0.4, 0.5) is 0 Å². The van der Waals surface area contributed by atoms with Crippen molar-refractivity contribution in [3.05, 3.63) is 106 Å². The predicted octanol–water partition coefficient (Wildman–Crippen LogP) is 4.80. The highest BCUT2D eigenvalue weighted by Gasteiger charge is 2.20. The number of hydrogen-bond donors (Lipinski definition) is 1. The monoisotopic (exact) mass is 445 g/mol. The van der Waals surface area contributed by atoms with E-state index >= 15 is 0 Å². The van der Waals surface area contributed by atoms with E-state index in [-0.39, 0.29) is 5.91 Å². The topological polar surface area (TPSA) is 64.7 Å². The molecule has 0 bridgehead atoms. The van der Waals surface area contributed by atoms with E-state index in [4.69, 9.17) is 11.6 Å². The van der Waals surface area contributed by atoms with Gasteiger partial charge in [-0.1, -0.05) is 41.9 Å². The van der Waals surface area contributed by atoms with Crippen LogP contribution in [0.2, 0.25) is 5.02 Å². The average molecular weight is 446 g/mol. The number of rotatable bonds is 6. The minimum absolute atomic E-state index is 0.223. The molecule has 0 aliphatic heterocycles. The zero-order valence-electron chi connectivity index (χ0n) is 18.2. The number of para-hydroxylation sites is 1. The van der Waals surface area contributed by atoms with Gasteiger partial charge < -0.3 is 9.88 Å². The van der Waals surface area contributed by atoms with E-state index in [1.807, 2.05) is 84.9 Å². The fourth-order valence-corrected chi connectivity index (χ4v) is 3.80. The van der Waals surface area contributed by atoms with E-state index in [1.54, 1.807) is 18.3 Å². The Kier molecular flexibility index (Phi) is 6.23. The number of benzene rings is 2. The summed E-state index contributed by atoms with van der Waals surface area (Å²) in [6.07, 6.45) is 6.91. The van der Waals surface area contributed by atoms with Crippen molar-refractivity contribution in [2.24, 2.45) is 7.05 Å². The molecule has 1 amide bonds. The summed E-state index contributed by atoms with van der Waals surface area (Å²) < 4.78 is 3.78. The molecule has 0 aliphatic rings. The summed E-state index contributed by atoms with van der Waals surface area (Å²) in [5, 5.41) is 8.34. The molecule has 2 aromatic heterocycles. The van der Waals surface area contributed by atoms with Crippen molar-refractivity contribution in [2.75, 3.05) is 0 Å². The van der Waals surface area contributed by atoms with Crippen molar-refractivity contribution in [3.8, 4) is 5.69 Å². The molecular weight excluding hydrogens is 422 g/mol. The molecule has 162 valence electrons. The van der Waals surface area contributed by atoms with Gasteiger partial charge >= 0.3 is 0 Å². The van der Waals surface area contributed by atoms with Crippen LogP contribution in [0.15, 0.2) is 73.1 Å². The van der Waals surface area contributed by atoms with Crippen LogP contribution in [0.3, 0.4) is 0 Å². The van der Waals surface area contributed by atoms with Gasteiger partial charge in [0.1, 0.15) is 11.9 Å². The molecular formula is C25H24ClN5O. The van der Waals surface area contributed by atoms with Gasteiger partial charge in [-0.3, -0.25) is 4.79 Å². The van der Waals surface area contributed by atoms with Crippen LogP contribution in [0.1, 0.15) is 34.4 Å². The molecule has 0 spiro atoms. The highest BCUT2D eigenvalue weighted by Crippen LogP contribution is 2.23. The molecule has 32 heavy (non-hydrogen) atoms. The highest BCUT2D eigenvalue weighted by atomic mass is 35.5. The van der Waals surface area contributed by atoms with Gasteiger partial charge in [0, 0.05) is 41.8 Å². The van der Waals surface area contributed by atoms with E-state index < -0.39 is 6.04 Å². The van der Waals surface area contributed by atoms with Crippen LogP contribution in [-0.2, 0) is 11.8 Å². The molecule has 0 saturated heterocycles. The summed E-state index contributed by atoms with van der Waals surface area (Å²) in [4.78, 5) is 17.3. The molecule has 4 aromatic rings. The van der Waals surface area contributed by atoms with Crippen molar-refractivity contribution in [1.29, 1.82) is 0 Å². The van der Waals surface area contributed by atoms with Gasteiger partial charge in [-0.2, -0.15) is 5.10 Å². The normalized spacial score (nSPS) is 12.2. The lowest BCUT2D eigenvalue weighted by Crippen LogP contribution is -2.29. The van der Waals surface area contributed by atoms with Crippen LogP contribution in [0, 0.1) is 13.8 Å². The molecule has 6 nitrogen and oxygen atoms in total. The Hall–Kier alpha value is -3.64. The quantitative estimate of drug-likeness (QED) is 0.434. The van der Waals surface area contributed by atoms with Crippen LogP contribution >= 0.6 is 11.6 Å². The molecule has 2 heterocycles. The fourth-order valence-electron chi connectivity index (χ4n) is 3.67. The van der Waals surface area contributed by atoms with Crippen LogP contribution in [0.5, 0.6) is 0 Å². The van der Waals surface area contributed by atoms with Crippen molar-refractivity contribution in [1.82, 2.24) is 24.6 Å². The second-order valence-corrected chi connectivity index (χ2v) is 7.99. The second-order valence-electron chi connectivity index (χ2n) is 7.55. The van der Waals surface area contributed by atoms with Crippen LogP contribution in [-0.4, -0.2) is 25.2 Å². The molecule has 1 unspecified atom stereocenters. The number of imidazole rings is 1. The summed E-state index contributed by atoms with van der Waals surface area (Å²) in [5.41, 5.74) is 4.62. The SMILES string of the molecule is Cc1nn(-c2ccccc2)c(C)c1/C=C/C(=O)NC(c1ccc(Cl)cc1)c1nccn1C. The van der Waals surface area contributed by atoms with Crippen LogP contribution < -0.4 is 5.32 Å². The lowest BCUT2D eigenvalue weighted by atomic mass is 10.1. The number of aromatic nitrogens is 4. The molecule has 1 N–H and O–H groups in total. The third kappa shape index (κ3) is 4.50. The van der Waals surface area contributed by atoms with E-state index in [9.17, 15) is 4.79 Å². The Morgan fingerprint density at radius 3 is 2.47 bits per heavy atom. The third-order valence-corrected chi connectivity index (χ3v) is 5.61. The summed E-state index contributed by atoms with van der Waals surface area (Å²) in [6, 6.07) is 16.9. The maximum absolute atomic E-state index is 12.9. The molecule has 4 rings (SSSR count). The van der Waals surface area contributed by atoms with Gasteiger partial charge in [-0.25, -0.2) is 9.67 Å². The van der Waals surface area contributed by atoms with E-state index in [2.05, 4.69) is 15.4 Å². The standard InChI is InChI=1S/C25H24ClN5O/c1-17-22(18(2)31(29-17)21-7-5-4-6-8-21)13-14-23(32)28-24(25-27-15-16-30(25)3)19-9-11-20(26)12-10-19/h4-16,24H,1-3H3,(H,28,32)/b14-13+. The number of hydrogen-bond acceptors (Lipinski definition) is 3. The Bertz CT molecular complexity index is 1260. The number of amides is 1.